The molecular weight excluding hydrogens is 416 g/mol. The maximum atomic E-state index is 14.0. The number of likely N-dealkylation sites (tertiary alicyclic amines) is 2. The zero-order valence-corrected chi connectivity index (χ0v) is 17.6. The summed E-state index contributed by atoms with van der Waals surface area (Å²) in [5.41, 5.74) is 0.817. The van der Waals surface area contributed by atoms with Crippen LogP contribution in [0, 0.1) is 11.6 Å². The second-order valence-electron chi connectivity index (χ2n) is 8.21. The van der Waals surface area contributed by atoms with E-state index in [1.807, 2.05) is 30.3 Å². The van der Waals surface area contributed by atoms with E-state index in [1.165, 1.54) is 4.90 Å². The van der Waals surface area contributed by atoms with Gasteiger partial charge >= 0.3 is 0 Å². The van der Waals surface area contributed by atoms with Crippen LogP contribution >= 0.6 is 0 Å². The molecule has 0 aliphatic carbocycles. The zero-order chi connectivity index (χ0) is 22.7. The average molecular weight is 441 g/mol. The van der Waals surface area contributed by atoms with E-state index in [-0.39, 0.29) is 23.4 Å². The Morgan fingerprint density at radius 1 is 1.00 bits per heavy atom. The van der Waals surface area contributed by atoms with Gasteiger partial charge in [0.05, 0.1) is 5.56 Å². The molecule has 3 amide bonds. The van der Waals surface area contributed by atoms with Crippen LogP contribution in [-0.4, -0.2) is 52.7 Å². The van der Waals surface area contributed by atoms with Crippen molar-refractivity contribution >= 4 is 17.7 Å². The molecular formula is C24H25F2N3O3. The summed E-state index contributed by atoms with van der Waals surface area (Å²) in [4.78, 5) is 41.2. The van der Waals surface area contributed by atoms with Crippen molar-refractivity contribution < 1.29 is 23.2 Å². The van der Waals surface area contributed by atoms with Crippen LogP contribution in [0.5, 0.6) is 0 Å². The van der Waals surface area contributed by atoms with Gasteiger partial charge in [0, 0.05) is 38.2 Å². The third kappa shape index (κ3) is 4.64. The van der Waals surface area contributed by atoms with Crippen LogP contribution in [0.4, 0.5) is 8.78 Å². The summed E-state index contributed by atoms with van der Waals surface area (Å²) in [5.74, 6) is -2.35. The number of nitrogens with one attached hydrogen (secondary N) is 1. The number of carbonyl (C=O) groups is 3. The molecule has 0 aromatic heterocycles. The summed E-state index contributed by atoms with van der Waals surface area (Å²) in [5, 5.41) is 2.92. The number of amides is 3. The molecule has 2 aliphatic rings. The Hall–Kier alpha value is -3.29. The summed E-state index contributed by atoms with van der Waals surface area (Å²) in [6.45, 7) is 1.07. The van der Waals surface area contributed by atoms with Crippen LogP contribution in [0.2, 0.25) is 0 Å². The van der Waals surface area contributed by atoms with Crippen LogP contribution in [-0.2, 0) is 16.1 Å². The molecule has 2 heterocycles. The van der Waals surface area contributed by atoms with Crippen molar-refractivity contribution in [1.29, 1.82) is 0 Å². The predicted molar refractivity (Wildman–Crippen MR) is 113 cm³/mol. The van der Waals surface area contributed by atoms with E-state index in [9.17, 15) is 23.2 Å². The quantitative estimate of drug-likeness (QED) is 0.776. The lowest BCUT2D eigenvalue weighted by atomic mass is 10.0. The highest BCUT2D eigenvalue weighted by Gasteiger charge is 2.41. The number of hydrogen-bond donors (Lipinski definition) is 1. The Bertz CT molecular complexity index is 1010. The Labute approximate surface area is 185 Å². The first-order chi connectivity index (χ1) is 15.4. The molecule has 0 radical (unpaired) electrons. The lowest BCUT2D eigenvalue weighted by molar-refractivity contribution is -0.138. The van der Waals surface area contributed by atoms with Gasteiger partial charge in [-0.1, -0.05) is 30.3 Å². The van der Waals surface area contributed by atoms with E-state index in [4.69, 9.17) is 0 Å². The Balaban J connectivity index is 1.36. The standard InChI is InChI=1S/C24H25F2N3O3/c25-17-6-7-19(20(26)14-17)24(32)28-12-10-18(11-13-28)29-21(8-9-22(29)30)23(31)27-15-16-4-2-1-3-5-16/h1-7,14,18,21H,8-13,15H2,(H,27,31). The third-order valence-electron chi connectivity index (χ3n) is 6.17. The van der Waals surface area contributed by atoms with E-state index < -0.39 is 23.6 Å². The molecule has 4 rings (SSSR count). The van der Waals surface area contributed by atoms with Crippen LogP contribution in [0.15, 0.2) is 48.5 Å². The molecule has 8 heteroatoms. The van der Waals surface area contributed by atoms with Gasteiger partial charge in [0.2, 0.25) is 11.8 Å². The Kier molecular flexibility index (Phi) is 6.48. The fraction of sp³-hybridized carbons (Fsp3) is 0.375. The number of halogens is 2. The predicted octanol–water partition coefficient (Wildman–Crippen LogP) is 2.88. The molecule has 0 saturated carbocycles. The molecule has 2 aromatic carbocycles. The minimum absolute atomic E-state index is 0.0563. The van der Waals surface area contributed by atoms with E-state index >= 15 is 0 Å². The monoisotopic (exact) mass is 441 g/mol. The number of benzene rings is 2. The molecule has 168 valence electrons. The summed E-state index contributed by atoms with van der Waals surface area (Å²) >= 11 is 0. The average Bonchev–Trinajstić information content (AvgIpc) is 3.19. The number of rotatable bonds is 5. The first-order valence-corrected chi connectivity index (χ1v) is 10.8. The number of carbonyl (C=O) groups excluding carboxylic acids is 3. The minimum Gasteiger partial charge on any atom is -0.350 e. The maximum Gasteiger partial charge on any atom is 0.256 e. The zero-order valence-electron chi connectivity index (χ0n) is 17.6. The maximum absolute atomic E-state index is 14.0. The van der Waals surface area contributed by atoms with Crippen molar-refractivity contribution in [3.05, 3.63) is 71.3 Å². The fourth-order valence-electron chi connectivity index (χ4n) is 4.50. The van der Waals surface area contributed by atoms with Crippen LogP contribution in [0.1, 0.15) is 41.6 Å². The molecule has 32 heavy (non-hydrogen) atoms. The van der Waals surface area contributed by atoms with Gasteiger partial charge in [0.1, 0.15) is 17.7 Å². The first kappa shape index (κ1) is 21.9. The lowest BCUT2D eigenvalue weighted by Crippen LogP contribution is -2.53. The fourth-order valence-corrected chi connectivity index (χ4v) is 4.50. The van der Waals surface area contributed by atoms with Crippen molar-refractivity contribution in [2.75, 3.05) is 13.1 Å². The van der Waals surface area contributed by atoms with E-state index in [0.29, 0.717) is 51.4 Å². The van der Waals surface area contributed by atoms with Crippen LogP contribution in [0.25, 0.3) is 0 Å². The SMILES string of the molecule is O=C(NCc1ccccc1)C1CCC(=O)N1C1CCN(C(=O)c2ccc(F)cc2F)CC1. The lowest BCUT2D eigenvalue weighted by Gasteiger charge is -2.39. The van der Waals surface area contributed by atoms with E-state index in [0.717, 1.165) is 17.7 Å². The molecule has 0 bridgehead atoms. The van der Waals surface area contributed by atoms with Gasteiger partial charge in [-0.25, -0.2) is 8.78 Å². The highest BCUT2D eigenvalue weighted by molar-refractivity contribution is 5.94. The summed E-state index contributed by atoms with van der Waals surface area (Å²) in [7, 11) is 0. The largest absolute Gasteiger partial charge is 0.350 e. The molecule has 2 aromatic rings. The van der Waals surface area contributed by atoms with Gasteiger partial charge in [0.25, 0.3) is 5.91 Å². The topological polar surface area (TPSA) is 69.7 Å². The summed E-state index contributed by atoms with van der Waals surface area (Å²) < 4.78 is 27.1. The van der Waals surface area contributed by atoms with Crippen LogP contribution < -0.4 is 5.32 Å². The Morgan fingerprint density at radius 2 is 1.72 bits per heavy atom. The number of piperidine rings is 1. The highest BCUT2D eigenvalue weighted by Crippen LogP contribution is 2.28. The summed E-state index contributed by atoms with van der Waals surface area (Å²) in [6.07, 6.45) is 1.80. The van der Waals surface area contributed by atoms with Crippen molar-refractivity contribution in [3.63, 3.8) is 0 Å². The summed E-state index contributed by atoms with van der Waals surface area (Å²) in [6, 6.07) is 11.8. The van der Waals surface area contributed by atoms with Crippen molar-refractivity contribution in [2.45, 2.75) is 44.3 Å². The third-order valence-corrected chi connectivity index (χ3v) is 6.17. The molecule has 1 atom stereocenters. The van der Waals surface area contributed by atoms with Crippen molar-refractivity contribution in [3.8, 4) is 0 Å². The van der Waals surface area contributed by atoms with Crippen LogP contribution in [0.3, 0.4) is 0 Å². The molecule has 6 nitrogen and oxygen atoms in total. The van der Waals surface area contributed by atoms with Gasteiger partial charge in [-0.05, 0) is 37.0 Å². The van der Waals surface area contributed by atoms with E-state index in [1.54, 1.807) is 4.90 Å². The number of hydrogen-bond acceptors (Lipinski definition) is 3. The van der Waals surface area contributed by atoms with E-state index in [2.05, 4.69) is 5.32 Å². The molecule has 2 fully saturated rings. The smallest absolute Gasteiger partial charge is 0.256 e. The van der Waals surface area contributed by atoms with Gasteiger partial charge < -0.3 is 15.1 Å². The normalized spacial score (nSPS) is 19.3. The minimum atomic E-state index is -0.887. The van der Waals surface area contributed by atoms with Gasteiger partial charge in [0.15, 0.2) is 0 Å². The number of nitrogens with zero attached hydrogens (tertiary/aromatic N) is 2. The second-order valence-corrected chi connectivity index (χ2v) is 8.21. The molecule has 2 aliphatic heterocycles. The van der Waals surface area contributed by atoms with Crippen molar-refractivity contribution in [2.24, 2.45) is 0 Å². The molecule has 0 spiro atoms. The first-order valence-electron chi connectivity index (χ1n) is 10.8. The van der Waals surface area contributed by atoms with Gasteiger partial charge in [-0.3, -0.25) is 14.4 Å². The van der Waals surface area contributed by atoms with Gasteiger partial charge in [-0.2, -0.15) is 0 Å². The van der Waals surface area contributed by atoms with Crippen molar-refractivity contribution in [1.82, 2.24) is 15.1 Å². The Morgan fingerprint density at radius 3 is 2.41 bits per heavy atom. The highest BCUT2D eigenvalue weighted by atomic mass is 19.1. The molecule has 2 saturated heterocycles. The molecule has 1 N–H and O–H groups in total. The van der Waals surface area contributed by atoms with Gasteiger partial charge in [-0.15, -0.1) is 0 Å². The molecule has 1 unspecified atom stereocenters. The second kappa shape index (κ2) is 9.46.